The van der Waals surface area contributed by atoms with Gasteiger partial charge in [0.05, 0.1) is 12.9 Å². The van der Waals surface area contributed by atoms with Crippen molar-refractivity contribution >= 4 is 11.6 Å². The van der Waals surface area contributed by atoms with Gasteiger partial charge in [-0.3, -0.25) is 0 Å². The lowest BCUT2D eigenvalue weighted by Gasteiger charge is -2.36. The van der Waals surface area contributed by atoms with Crippen LogP contribution in [-0.2, 0) is 4.74 Å². The highest BCUT2D eigenvalue weighted by Gasteiger charge is 2.29. The normalized spacial score (nSPS) is 22.3. The summed E-state index contributed by atoms with van der Waals surface area (Å²) in [6.07, 6.45) is 4.95. The van der Waals surface area contributed by atoms with Gasteiger partial charge < -0.3 is 10.1 Å². The van der Waals surface area contributed by atoms with E-state index in [-0.39, 0.29) is 0 Å². The van der Waals surface area contributed by atoms with Crippen molar-refractivity contribution in [2.45, 2.75) is 31.2 Å². The monoisotopic (exact) mass is 265 g/mol. The van der Waals surface area contributed by atoms with Crippen molar-refractivity contribution in [3.8, 4) is 0 Å². The van der Waals surface area contributed by atoms with E-state index < -0.39 is 0 Å². The summed E-state index contributed by atoms with van der Waals surface area (Å²) in [5, 5.41) is 4.38. The molecule has 0 atom stereocenters. The van der Waals surface area contributed by atoms with E-state index in [9.17, 15) is 0 Å². The molecule has 3 heteroatoms. The van der Waals surface area contributed by atoms with Crippen LogP contribution in [0.2, 0.25) is 5.02 Å². The lowest BCUT2D eigenvalue weighted by Crippen LogP contribution is -2.40. The smallest absolute Gasteiger partial charge is 0.0885 e. The van der Waals surface area contributed by atoms with Crippen LogP contribution in [0.1, 0.15) is 30.7 Å². The average molecular weight is 266 g/mol. The highest BCUT2D eigenvalue weighted by atomic mass is 35.5. The first-order valence-corrected chi connectivity index (χ1v) is 6.88. The van der Waals surface area contributed by atoms with Crippen LogP contribution in [-0.4, -0.2) is 19.2 Å². The molecule has 1 aromatic rings. The van der Waals surface area contributed by atoms with E-state index in [1.807, 2.05) is 12.1 Å². The Labute approximate surface area is 114 Å². The van der Waals surface area contributed by atoms with Crippen molar-refractivity contribution in [1.82, 2.24) is 5.32 Å². The van der Waals surface area contributed by atoms with Crippen molar-refractivity contribution < 1.29 is 4.74 Å². The second kappa shape index (κ2) is 6.81. The third-order valence-corrected chi connectivity index (χ3v) is 3.68. The molecule has 0 amide bonds. The maximum atomic E-state index is 6.00. The first-order valence-electron chi connectivity index (χ1n) is 6.51. The van der Waals surface area contributed by atoms with Crippen molar-refractivity contribution in [2.75, 3.05) is 13.2 Å². The minimum absolute atomic E-state index is 0.651. The second-order valence-electron chi connectivity index (χ2n) is 4.77. The molecule has 1 N–H and O–H groups in total. The summed E-state index contributed by atoms with van der Waals surface area (Å²) in [7, 11) is 0. The van der Waals surface area contributed by atoms with Crippen LogP contribution in [0.15, 0.2) is 37.1 Å². The predicted octanol–water partition coefficient (Wildman–Crippen LogP) is 3.73. The molecule has 0 saturated heterocycles. The number of hydrogen-bond donors (Lipinski definition) is 1. The van der Waals surface area contributed by atoms with E-state index in [4.69, 9.17) is 16.3 Å². The first kappa shape index (κ1) is 13.4. The van der Waals surface area contributed by atoms with Gasteiger partial charge in [-0.05, 0) is 49.4 Å². The van der Waals surface area contributed by atoms with Crippen LogP contribution in [0.3, 0.4) is 0 Å². The molecule has 2 rings (SSSR count). The Morgan fingerprint density at radius 2 is 2.28 bits per heavy atom. The Hall–Kier alpha value is -0.990. The lowest BCUT2D eigenvalue weighted by atomic mass is 9.76. The maximum absolute atomic E-state index is 6.00. The molecule has 98 valence electrons. The molecule has 2 nitrogen and oxygen atoms in total. The number of nitrogens with one attached hydrogen (secondary N) is 1. The summed E-state index contributed by atoms with van der Waals surface area (Å²) in [6, 6.07) is 8.87. The lowest BCUT2D eigenvalue weighted by molar-refractivity contribution is 0.232. The van der Waals surface area contributed by atoms with Gasteiger partial charge in [0, 0.05) is 11.1 Å². The van der Waals surface area contributed by atoms with Gasteiger partial charge in [-0.2, -0.15) is 0 Å². The number of benzene rings is 1. The zero-order valence-corrected chi connectivity index (χ0v) is 11.3. The standard InChI is InChI=1S/C15H20ClNO/c1-2-18-8-4-7-17-15-10-13(11-15)12-5-3-6-14(16)9-12/h2-3,5-6,9,13,15,17H,1,4,7-8,10-11H2. The largest absolute Gasteiger partial charge is 0.502 e. The summed E-state index contributed by atoms with van der Waals surface area (Å²) in [6.45, 7) is 5.28. The van der Waals surface area contributed by atoms with Crippen LogP contribution >= 0.6 is 11.6 Å². The van der Waals surface area contributed by atoms with Crippen LogP contribution < -0.4 is 5.32 Å². The number of ether oxygens (including phenoxy) is 1. The van der Waals surface area contributed by atoms with Crippen LogP contribution in [0.5, 0.6) is 0 Å². The third kappa shape index (κ3) is 3.76. The third-order valence-electron chi connectivity index (χ3n) is 3.45. The Morgan fingerprint density at radius 3 is 3.00 bits per heavy atom. The fourth-order valence-corrected chi connectivity index (χ4v) is 2.56. The predicted molar refractivity (Wildman–Crippen MR) is 76.0 cm³/mol. The van der Waals surface area contributed by atoms with Gasteiger partial charge >= 0.3 is 0 Å². The zero-order valence-electron chi connectivity index (χ0n) is 10.6. The molecule has 1 aliphatic rings. The van der Waals surface area contributed by atoms with Gasteiger partial charge in [0.25, 0.3) is 0 Å². The SMILES string of the molecule is C=COCCCNC1CC(c2cccc(Cl)c2)C1. The van der Waals surface area contributed by atoms with Crippen LogP contribution in [0, 0.1) is 0 Å². The van der Waals surface area contributed by atoms with E-state index in [0.717, 1.165) is 24.6 Å². The Balaban J connectivity index is 1.63. The first-order chi connectivity index (χ1) is 8.79. The van der Waals surface area contributed by atoms with Gasteiger partial charge in [0.1, 0.15) is 0 Å². The molecule has 1 fully saturated rings. The zero-order chi connectivity index (χ0) is 12.8. The molecule has 1 aliphatic carbocycles. The fourth-order valence-electron chi connectivity index (χ4n) is 2.36. The van der Waals surface area contributed by atoms with Crippen molar-refractivity contribution in [1.29, 1.82) is 0 Å². The molecule has 0 aromatic heterocycles. The van der Waals surface area contributed by atoms with E-state index in [2.05, 4.69) is 24.0 Å². The molecule has 0 radical (unpaired) electrons. The molecule has 18 heavy (non-hydrogen) atoms. The highest BCUT2D eigenvalue weighted by molar-refractivity contribution is 6.30. The Kier molecular flexibility index (Phi) is 5.09. The molecule has 1 aromatic carbocycles. The second-order valence-corrected chi connectivity index (χ2v) is 5.20. The van der Waals surface area contributed by atoms with Crippen LogP contribution in [0.25, 0.3) is 0 Å². The maximum Gasteiger partial charge on any atom is 0.0885 e. The van der Waals surface area contributed by atoms with E-state index in [1.165, 1.54) is 24.7 Å². The van der Waals surface area contributed by atoms with Gasteiger partial charge in [0.2, 0.25) is 0 Å². The summed E-state index contributed by atoms with van der Waals surface area (Å²) in [5.41, 5.74) is 1.37. The number of rotatable bonds is 7. The van der Waals surface area contributed by atoms with Crippen LogP contribution in [0.4, 0.5) is 0 Å². The van der Waals surface area contributed by atoms with Gasteiger partial charge in [0.15, 0.2) is 0 Å². The molecule has 0 spiro atoms. The summed E-state index contributed by atoms with van der Waals surface area (Å²) in [4.78, 5) is 0. The number of hydrogen-bond acceptors (Lipinski definition) is 2. The minimum atomic E-state index is 0.651. The Morgan fingerprint density at radius 1 is 1.44 bits per heavy atom. The number of halogens is 1. The molecule has 0 bridgehead atoms. The van der Waals surface area contributed by atoms with E-state index >= 15 is 0 Å². The molecule has 1 saturated carbocycles. The average Bonchev–Trinajstić information content (AvgIpc) is 2.31. The minimum Gasteiger partial charge on any atom is -0.502 e. The molecular weight excluding hydrogens is 246 g/mol. The van der Waals surface area contributed by atoms with Crippen molar-refractivity contribution in [3.05, 3.63) is 47.7 Å². The molecule has 0 aliphatic heterocycles. The van der Waals surface area contributed by atoms with Crippen molar-refractivity contribution in [3.63, 3.8) is 0 Å². The summed E-state index contributed by atoms with van der Waals surface area (Å²) in [5.74, 6) is 0.672. The summed E-state index contributed by atoms with van der Waals surface area (Å²) >= 11 is 6.00. The fraction of sp³-hybridized carbons (Fsp3) is 0.467. The quantitative estimate of drug-likeness (QED) is 0.599. The summed E-state index contributed by atoms with van der Waals surface area (Å²) < 4.78 is 5.08. The highest BCUT2D eigenvalue weighted by Crippen LogP contribution is 2.37. The molecule has 0 heterocycles. The van der Waals surface area contributed by atoms with Gasteiger partial charge in [-0.15, -0.1) is 0 Å². The van der Waals surface area contributed by atoms with Gasteiger partial charge in [-0.25, -0.2) is 0 Å². The Bertz CT molecular complexity index is 388. The molecular formula is C15H20ClNO. The van der Waals surface area contributed by atoms with E-state index in [1.54, 1.807) is 0 Å². The van der Waals surface area contributed by atoms with Crippen molar-refractivity contribution in [2.24, 2.45) is 0 Å². The van der Waals surface area contributed by atoms with Gasteiger partial charge in [-0.1, -0.05) is 30.3 Å². The topological polar surface area (TPSA) is 21.3 Å². The molecule has 0 unspecified atom stereocenters. The van der Waals surface area contributed by atoms with E-state index in [0.29, 0.717) is 12.0 Å².